The SMILES string of the molecule is CCCC(C)(C)C1CCC2C3CCC4CC(O)CCC4(C)C3CCC21C. The molecule has 0 amide bonds. The van der Waals surface area contributed by atoms with E-state index in [-0.39, 0.29) is 6.10 Å². The van der Waals surface area contributed by atoms with Gasteiger partial charge in [0.05, 0.1) is 6.10 Å². The molecule has 4 rings (SSSR count). The second-order valence-electron chi connectivity index (χ2n) is 12.0. The number of aliphatic hydroxyl groups is 1. The molecule has 150 valence electrons. The van der Waals surface area contributed by atoms with Crippen LogP contribution in [0, 0.1) is 45.8 Å². The third kappa shape index (κ3) is 2.73. The summed E-state index contributed by atoms with van der Waals surface area (Å²) in [7, 11) is 0. The van der Waals surface area contributed by atoms with Crippen molar-refractivity contribution in [2.45, 2.75) is 111 Å². The van der Waals surface area contributed by atoms with E-state index < -0.39 is 0 Å². The molecule has 0 aliphatic heterocycles. The number of rotatable bonds is 3. The molecule has 0 aromatic rings. The van der Waals surface area contributed by atoms with Crippen LogP contribution in [-0.4, -0.2) is 11.2 Å². The molecule has 1 nitrogen and oxygen atoms in total. The first-order valence-corrected chi connectivity index (χ1v) is 11.9. The van der Waals surface area contributed by atoms with E-state index in [9.17, 15) is 5.11 Å². The molecule has 0 bridgehead atoms. The van der Waals surface area contributed by atoms with E-state index in [0.29, 0.717) is 16.2 Å². The molecule has 4 aliphatic rings. The highest BCUT2D eigenvalue weighted by Gasteiger charge is 2.61. The van der Waals surface area contributed by atoms with E-state index in [0.717, 1.165) is 42.4 Å². The van der Waals surface area contributed by atoms with E-state index in [1.165, 1.54) is 57.8 Å². The summed E-state index contributed by atoms with van der Waals surface area (Å²) in [6, 6.07) is 0. The molecule has 0 aromatic carbocycles. The molecule has 26 heavy (non-hydrogen) atoms. The van der Waals surface area contributed by atoms with Crippen LogP contribution in [0.4, 0.5) is 0 Å². The predicted molar refractivity (Wildman–Crippen MR) is 110 cm³/mol. The van der Waals surface area contributed by atoms with Crippen LogP contribution < -0.4 is 0 Å². The maximum atomic E-state index is 10.2. The van der Waals surface area contributed by atoms with Gasteiger partial charge < -0.3 is 5.11 Å². The maximum absolute atomic E-state index is 10.2. The Morgan fingerprint density at radius 2 is 1.58 bits per heavy atom. The standard InChI is InChI=1S/C25H44O/c1-6-13-23(2,3)22-10-9-20-19-8-7-17-16-18(26)11-14-24(17,4)21(19)12-15-25(20,22)5/h17-22,26H,6-16H2,1-5H3. The zero-order valence-electron chi connectivity index (χ0n) is 18.2. The van der Waals surface area contributed by atoms with Crippen LogP contribution in [0.5, 0.6) is 0 Å². The first-order chi connectivity index (χ1) is 12.2. The van der Waals surface area contributed by atoms with Crippen LogP contribution in [0.1, 0.15) is 105 Å². The smallest absolute Gasteiger partial charge is 0.0543 e. The molecule has 0 heterocycles. The molecular weight excluding hydrogens is 316 g/mol. The van der Waals surface area contributed by atoms with Gasteiger partial charge in [-0.25, -0.2) is 0 Å². The van der Waals surface area contributed by atoms with Crippen LogP contribution in [-0.2, 0) is 0 Å². The lowest BCUT2D eigenvalue weighted by Crippen LogP contribution is -2.54. The van der Waals surface area contributed by atoms with Crippen LogP contribution >= 0.6 is 0 Å². The van der Waals surface area contributed by atoms with Crippen molar-refractivity contribution < 1.29 is 5.11 Å². The molecule has 4 saturated carbocycles. The van der Waals surface area contributed by atoms with E-state index in [1.807, 2.05) is 0 Å². The molecule has 1 N–H and O–H groups in total. The highest BCUT2D eigenvalue weighted by atomic mass is 16.3. The minimum atomic E-state index is -0.0100. The Labute approximate surface area is 162 Å². The molecule has 4 aliphatic carbocycles. The lowest BCUT2D eigenvalue weighted by Gasteiger charge is -2.61. The van der Waals surface area contributed by atoms with Crippen molar-refractivity contribution in [3.8, 4) is 0 Å². The zero-order chi connectivity index (χ0) is 18.7. The highest BCUT2D eigenvalue weighted by molar-refractivity contribution is 5.10. The minimum absolute atomic E-state index is 0.0100. The van der Waals surface area contributed by atoms with Crippen molar-refractivity contribution in [1.82, 2.24) is 0 Å². The Morgan fingerprint density at radius 3 is 2.31 bits per heavy atom. The quantitative estimate of drug-likeness (QED) is 0.584. The summed E-state index contributed by atoms with van der Waals surface area (Å²) in [5.41, 5.74) is 1.64. The zero-order valence-corrected chi connectivity index (χ0v) is 18.2. The molecule has 8 atom stereocenters. The van der Waals surface area contributed by atoms with Gasteiger partial charge >= 0.3 is 0 Å². The monoisotopic (exact) mass is 360 g/mol. The molecule has 0 spiro atoms. The van der Waals surface area contributed by atoms with Crippen LogP contribution in [0.2, 0.25) is 0 Å². The number of aliphatic hydroxyl groups excluding tert-OH is 1. The van der Waals surface area contributed by atoms with Gasteiger partial charge in [0.2, 0.25) is 0 Å². The molecule has 4 fully saturated rings. The fraction of sp³-hybridized carbons (Fsp3) is 1.00. The number of hydrogen-bond donors (Lipinski definition) is 1. The Balaban J connectivity index is 1.58. The van der Waals surface area contributed by atoms with Gasteiger partial charge in [-0.1, -0.05) is 41.0 Å². The fourth-order valence-electron chi connectivity index (χ4n) is 9.34. The lowest BCUT2D eigenvalue weighted by molar-refractivity contribution is -0.133. The van der Waals surface area contributed by atoms with Gasteiger partial charge in [0.1, 0.15) is 0 Å². The average Bonchev–Trinajstić information content (AvgIpc) is 2.93. The first-order valence-electron chi connectivity index (χ1n) is 11.9. The predicted octanol–water partition coefficient (Wildman–Crippen LogP) is 6.83. The molecule has 0 radical (unpaired) electrons. The molecule has 0 aromatic heterocycles. The summed E-state index contributed by atoms with van der Waals surface area (Å²) in [4.78, 5) is 0. The molecule has 1 heteroatoms. The van der Waals surface area contributed by atoms with Gasteiger partial charge in [-0.05, 0) is 110 Å². The Morgan fingerprint density at radius 1 is 0.885 bits per heavy atom. The number of hydrogen-bond acceptors (Lipinski definition) is 1. The summed E-state index contributed by atoms with van der Waals surface area (Å²) in [5, 5.41) is 10.2. The van der Waals surface area contributed by atoms with Crippen LogP contribution in [0.3, 0.4) is 0 Å². The van der Waals surface area contributed by atoms with Gasteiger partial charge in [-0.2, -0.15) is 0 Å². The average molecular weight is 361 g/mol. The first kappa shape index (κ1) is 19.3. The van der Waals surface area contributed by atoms with E-state index >= 15 is 0 Å². The Kier molecular flexibility index (Phi) is 4.82. The highest BCUT2D eigenvalue weighted by Crippen LogP contribution is 2.69. The molecule has 0 saturated heterocycles. The van der Waals surface area contributed by atoms with E-state index in [4.69, 9.17) is 0 Å². The molecular formula is C25H44O. The second-order valence-corrected chi connectivity index (χ2v) is 12.0. The Bertz CT molecular complexity index is 524. The van der Waals surface area contributed by atoms with Gasteiger partial charge in [0, 0.05) is 0 Å². The summed E-state index contributed by atoms with van der Waals surface area (Å²) in [6.07, 6.45) is 14.9. The third-order valence-corrected chi connectivity index (χ3v) is 10.5. The summed E-state index contributed by atoms with van der Waals surface area (Å²) in [5.74, 6) is 4.63. The Hall–Kier alpha value is -0.0400. The summed E-state index contributed by atoms with van der Waals surface area (Å²) < 4.78 is 0. The molecule has 8 unspecified atom stereocenters. The van der Waals surface area contributed by atoms with Gasteiger partial charge in [0.25, 0.3) is 0 Å². The topological polar surface area (TPSA) is 20.2 Å². The van der Waals surface area contributed by atoms with Crippen molar-refractivity contribution in [2.24, 2.45) is 45.8 Å². The summed E-state index contributed by atoms with van der Waals surface area (Å²) in [6.45, 7) is 12.8. The van der Waals surface area contributed by atoms with Gasteiger partial charge in [0.15, 0.2) is 0 Å². The van der Waals surface area contributed by atoms with Crippen molar-refractivity contribution in [3.63, 3.8) is 0 Å². The summed E-state index contributed by atoms with van der Waals surface area (Å²) >= 11 is 0. The maximum Gasteiger partial charge on any atom is 0.0543 e. The van der Waals surface area contributed by atoms with Crippen molar-refractivity contribution in [3.05, 3.63) is 0 Å². The fourth-order valence-corrected chi connectivity index (χ4v) is 9.34. The minimum Gasteiger partial charge on any atom is -0.393 e. The van der Waals surface area contributed by atoms with Crippen LogP contribution in [0.25, 0.3) is 0 Å². The largest absolute Gasteiger partial charge is 0.393 e. The van der Waals surface area contributed by atoms with Crippen LogP contribution in [0.15, 0.2) is 0 Å². The van der Waals surface area contributed by atoms with E-state index in [1.54, 1.807) is 0 Å². The van der Waals surface area contributed by atoms with E-state index in [2.05, 4.69) is 34.6 Å². The lowest BCUT2D eigenvalue weighted by atomic mass is 9.44. The number of fused-ring (bicyclic) bond motifs is 5. The second kappa shape index (κ2) is 6.50. The third-order valence-electron chi connectivity index (χ3n) is 10.5. The van der Waals surface area contributed by atoms with Gasteiger partial charge in [-0.15, -0.1) is 0 Å². The normalized spacial score (nSPS) is 51.5. The van der Waals surface area contributed by atoms with Gasteiger partial charge in [-0.3, -0.25) is 0 Å². The van der Waals surface area contributed by atoms with Crippen molar-refractivity contribution in [1.29, 1.82) is 0 Å². The van der Waals surface area contributed by atoms with Crippen molar-refractivity contribution >= 4 is 0 Å². The van der Waals surface area contributed by atoms with Crippen molar-refractivity contribution in [2.75, 3.05) is 0 Å².